The highest BCUT2D eigenvalue weighted by molar-refractivity contribution is 8.18. The fourth-order valence-corrected chi connectivity index (χ4v) is 2.35. The van der Waals surface area contributed by atoms with Crippen molar-refractivity contribution in [3.8, 4) is 5.75 Å². The van der Waals surface area contributed by atoms with Crippen LogP contribution in [0, 0.1) is 5.82 Å². The number of rotatable bonds is 4. The monoisotopic (exact) mass is 391 g/mol. The minimum Gasteiger partial charge on any atom is -0.466 e. The lowest BCUT2D eigenvalue weighted by atomic mass is 10.2. The van der Waals surface area contributed by atoms with Gasteiger partial charge in [-0.1, -0.05) is 12.1 Å². The number of carbonyl (C=O) groups excluding carboxylic acids is 2. The lowest BCUT2D eigenvalue weighted by Gasteiger charge is -2.10. The van der Waals surface area contributed by atoms with E-state index in [2.05, 4.69) is 25.0 Å². The molecule has 0 spiro atoms. The number of amidine groups is 1. The van der Waals surface area contributed by atoms with Crippen molar-refractivity contribution in [1.82, 2.24) is 5.32 Å². The fraction of sp³-hybridized carbons (Fsp3) is 0.143. The predicted octanol–water partition coefficient (Wildman–Crippen LogP) is 2.33. The standard InChI is InChI=1S/C14H9F4N3O4S/c1-24-10(22)5-9-12(23)20-13(26-9)21-19-6-7-3-2-4-8(11(7)15)25-14(16,17)18/h2-6H,1H3,(H,20,21,23)/b9-5+,19-6?. The fourth-order valence-electron chi connectivity index (χ4n) is 1.62. The van der Waals surface area contributed by atoms with Gasteiger partial charge in [0, 0.05) is 11.6 Å². The highest BCUT2D eigenvalue weighted by Crippen LogP contribution is 2.27. The van der Waals surface area contributed by atoms with Crippen LogP contribution in [-0.4, -0.2) is 36.7 Å². The Kier molecular flexibility index (Phi) is 5.97. The Balaban J connectivity index is 2.13. The molecule has 0 atom stereocenters. The van der Waals surface area contributed by atoms with Gasteiger partial charge in [-0.15, -0.1) is 18.3 Å². The molecule has 26 heavy (non-hydrogen) atoms. The van der Waals surface area contributed by atoms with Crippen LogP contribution >= 0.6 is 11.8 Å². The van der Waals surface area contributed by atoms with Gasteiger partial charge in [-0.05, 0) is 17.8 Å². The van der Waals surface area contributed by atoms with Gasteiger partial charge in [-0.25, -0.2) is 9.18 Å². The quantitative estimate of drug-likeness (QED) is 0.280. The number of nitrogens with one attached hydrogen (secondary N) is 1. The Morgan fingerprint density at radius 1 is 1.35 bits per heavy atom. The lowest BCUT2D eigenvalue weighted by Crippen LogP contribution is -2.19. The molecule has 1 aliphatic rings. The van der Waals surface area contributed by atoms with Gasteiger partial charge in [-0.2, -0.15) is 5.10 Å². The SMILES string of the molecule is COC(=O)/C=C1/S/C(=N\N=Cc2cccc(OC(F)(F)F)c2F)NC1=O. The van der Waals surface area contributed by atoms with Crippen molar-refractivity contribution in [2.45, 2.75) is 6.36 Å². The topological polar surface area (TPSA) is 89.3 Å². The predicted molar refractivity (Wildman–Crippen MR) is 83.9 cm³/mol. The number of esters is 1. The van der Waals surface area contributed by atoms with E-state index in [-0.39, 0.29) is 15.6 Å². The van der Waals surface area contributed by atoms with E-state index in [1.54, 1.807) is 0 Å². The zero-order valence-electron chi connectivity index (χ0n) is 12.8. The number of methoxy groups -OCH3 is 1. The van der Waals surface area contributed by atoms with Crippen LogP contribution in [0.5, 0.6) is 5.75 Å². The van der Waals surface area contributed by atoms with Crippen LogP contribution in [0.25, 0.3) is 0 Å². The van der Waals surface area contributed by atoms with Gasteiger partial charge in [0.2, 0.25) is 0 Å². The number of amides is 1. The van der Waals surface area contributed by atoms with E-state index in [4.69, 9.17) is 0 Å². The number of carbonyl (C=O) groups is 2. The number of halogens is 4. The maximum absolute atomic E-state index is 13.9. The number of thioether (sulfide) groups is 1. The van der Waals surface area contributed by atoms with Crippen LogP contribution in [0.4, 0.5) is 17.6 Å². The average molecular weight is 391 g/mol. The normalized spacial score (nSPS) is 17.8. The molecule has 1 aliphatic heterocycles. The minimum absolute atomic E-state index is 0.00972. The van der Waals surface area contributed by atoms with Crippen LogP contribution in [0.2, 0.25) is 0 Å². The van der Waals surface area contributed by atoms with Crippen molar-refractivity contribution in [1.29, 1.82) is 0 Å². The molecule has 7 nitrogen and oxygen atoms in total. The van der Waals surface area contributed by atoms with Crippen LogP contribution in [0.3, 0.4) is 0 Å². The summed E-state index contributed by atoms with van der Waals surface area (Å²) in [5.74, 6) is -3.64. The molecule has 1 N–H and O–H groups in total. The molecule has 1 fully saturated rings. The van der Waals surface area contributed by atoms with E-state index in [0.29, 0.717) is 0 Å². The van der Waals surface area contributed by atoms with Gasteiger partial charge in [-0.3, -0.25) is 10.1 Å². The number of ether oxygens (including phenoxy) is 2. The summed E-state index contributed by atoms with van der Waals surface area (Å²) in [6.07, 6.45) is -3.24. The first-order valence-electron chi connectivity index (χ1n) is 6.63. The molecule has 1 aromatic carbocycles. The molecular weight excluding hydrogens is 382 g/mol. The van der Waals surface area contributed by atoms with Gasteiger partial charge >= 0.3 is 12.3 Å². The van der Waals surface area contributed by atoms with Crippen LogP contribution in [-0.2, 0) is 14.3 Å². The Bertz CT molecular complexity index is 821. The third-order valence-corrected chi connectivity index (χ3v) is 3.57. The van der Waals surface area contributed by atoms with Gasteiger partial charge in [0.05, 0.1) is 18.2 Å². The maximum Gasteiger partial charge on any atom is 0.573 e. The third kappa shape index (κ3) is 5.31. The largest absolute Gasteiger partial charge is 0.573 e. The van der Waals surface area contributed by atoms with Crippen molar-refractivity contribution in [2.24, 2.45) is 10.2 Å². The molecule has 0 unspecified atom stereocenters. The molecule has 12 heteroatoms. The molecule has 0 bridgehead atoms. The molecule has 0 aliphatic carbocycles. The zero-order chi connectivity index (χ0) is 19.3. The first-order chi connectivity index (χ1) is 12.2. The average Bonchev–Trinajstić information content (AvgIpc) is 2.89. The molecule has 1 heterocycles. The van der Waals surface area contributed by atoms with Crippen molar-refractivity contribution < 1.29 is 36.6 Å². The van der Waals surface area contributed by atoms with E-state index in [9.17, 15) is 27.2 Å². The summed E-state index contributed by atoms with van der Waals surface area (Å²) >= 11 is 0.781. The Hall–Kier alpha value is -2.89. The van der Waals surface area contributed by atoms with Gasteiger partial charge in [0.1, 0.15) is 0 Å². The van der Waals surface area contributed by atoms with Gasteiger partial charge in [0.15, 0.2) is 16.7 Å². The molecule has 138 valence electrons. The number of hydrogen-bond acceptors (Lipinski definition) is 7. The summed E-state index contributed by atoms with van der Waals surface area (Å²) in [6, 6.07) is 3.11. The molecule has 1 amide bonds. The molecule has 1 saturated heterocycles. The number of benzene rings is 1. The summed E-state index contributed by atoms with van der Waals surface area (Å²) in [6.45, 7) is 0. The smallest absolute Gasteiger partial charge is 0.466 e. The summed E-state index contributed by atoms with van der Waals surface area (Å²) in [4.78, 5) is 22.7. The molecule has 0 saturated carbocycles. The van der Waals surface area contributed by atoms with E-state index in [1.807, 2.05) is 0 Å². The summed E-state index contributed by atoms with van der Waals surface area (Å²) in [5, 5.41) is 9.37. The van der Waals surface area contributed by atoms with Gasteiger partial charge in [0.25, 0.3) is 5.91 Å². The van der Waals surface area contributed by atoms with Crippen molar-refractivity contribution in [2.75, 3.05) is 7.11 Å². The second-order valence-corrected chi connectivity index (χ2v) is 5.48. The third-order valence-electron chi connectivity index (χ3n) is 2.67. The van der Waals surface area contributed by atoms with E-state index < -0.39 is 29.8 Å². The van der Waals surface area contributed by atoms with Crippen molar-refractivity contribution in [3.63, 3.8) is 0 Å². The number of nitrogens with zero attached hydrogens (tertiary/aromatic N) is 2. The molecular formula is C14H9F4N3O4S. The molecule has 2 rings (SSSR count). The Labute approximate surface area is 147 Å². The molecule has 1 aromatic rings. The van der Waals surface area contributed by atoms with E-state index in [0.717, 1.165) is 49.4 Å². The second-order valence-electron chi connectivity index (χ2n) is 4.44. The molecule has 0 aromatic heterocycles. The van der Waals surface area contributed by atoms with Crippen LogP contribution in [0.15, 0.2) is 39.4 Å². The summed E-state index contributed by atoms with van der Waals surface area (Å²) in [5.41, 5.74) is -0.309. The van der Waals surface area contributed by atoms with Crippen LogP contribution < -0.4 is 10.1 Å². The van der Waals surface area contributed by atoms with Gasteiger partial charge < -0.3 is 9.47 Å². The van der Waals surface area contributed by atoms with E-state index in [1.165, 1.54) is 0 Å². The number of alkyl halides is 3. The minimum atomic E-state index is -5.04. The molecule has 0 radical (unpaired) electrons. The lowest BCUT2D eigenvalue weighted by molar-refractivity contribution is -0.275. The highest BCUT2D eigenvalue weighted by atomic mass is 32.2. The van der Waals surface area contributed by atoms with E-state index >= 15 is 0 Å². The summed E-state index contributed by atoms with van der Waals surface area (Å²) in [7, 11) is 1.14. The first-order valence-corrected chi connectivity index (χ1v) is 7.45. The Morgan fingerprint density at radius 2 is 2.08 bits per heavy atom. The second kappa shape index (κ2) is 7.99. The Morgan fingerprint density at radius 3 is 2.73 bits per heavy atom. The van der Waals surface area contributed by atoms with Crippen LogP contribution in [0.1, 0.15) is 5.56 Å². The highest BCUT2D eigenvalue weighted by Gasteiger charge is 2.32. The van der Waals surface area contributed by atoms with Crippen molar-refractivity contribution >= 4 is 35.0 Å². The number of hydrogen-bond donors (Lipinski definition) is 1. The first kappa shape index (κ1) is 19.4. The maximum atomic E-state index is 13.9. The summed E-state index contributed by atoms with van der Waals surface area (Å²) < 4.78 is 58.4. The van der Waals surface area contributed by atoms with Crippen molar-refractivity contribution in [3.05, 3.63) is 40.6 Å². The zero-order valence-corrected chi connectivity index (χ0v) is 13.7.